The second kappa shape index (κ2) is 11.6. The quantitative estimate of drug-likeness (QED) is 0.509. The number of hydrogen-bond acceptors (Lipinski definition) is 6. The Morgan fingerprint density at radius 1 is 1.16 bits per heavy atom. The third-order valence-electron chi connectivity index (χ3n) is 4.80. The Morgan fingerprint density at radius 2 is 1.91 bits per heavy atom. The number of carbonyl (C=O) groups is 1. The molecule has 0 radical (unpaired) electrons. The number of nitrogens with zero attached hydrogens (tertiary/aromatic N) is 1. The Bertz CT molecular complexity index is 1060. The highest BCUT2D eigenvalue weighted by Gasteiger charge is 2.24. The molecule has 1 N–H and O–H groups in total. The van der Waals surface area contributed by atoms with E-state index < -0.39 is 10.0 Å². The van der Waals surface area contributed by atoms with Gasteiger partial charge < -0.3 is 14.4 Å². The zero-order valence-electron chi connectivity index (χ0n) is 17.5. The summed E-state index contributed by atoms with van der Waals surface area (Å²) >= 11 is 13.5. The van der Waals surface area contributed by atoms with E-state index in [1.165, 1.54) is 25.3 Å². The van der Waals surface area contributed by atoms with Crippen molar-refractivity contribution >= 4 is 50.9 Å². The number of carbonyl (C=O) groups excluding carboxylic acids is 1. The molecule has 2 aromatic carbocycles. The van der Waals surface area contributed by atoms with Crippen molar-refractivity contribution in [2.24, 2.45) is 0 Å². The van der Waals surface area contributed by atoms with Gasteiger partial charge >= 0.3 is 0 Å². The van der Waals surface area contributed by atoms with Crippen LogP contribution in [0.1, 0.15) is 15.9 Å². The van der Waals surface area contributed by atoms with Gasteiger partial charge in [0.15, 0.2) is 0 Å². The van der Waals surface area contributed by atoms with Crippen LogP contribution in [0.3, 0.4) is 0 Å². The first kappa shape index (κ1) is 25.1. The molecule has 1 aliphatic rings. The topological polar surface area (TPSA) is 84.9 Å². The lowest BCUT2D eigenvalue weighted by molar-refractivity contribution is 0.0300. The number of thioether (sulfide) groups is 1. The highest BCUT2D eigenvalue weighted by atomic mass is 35.5. The van der Waals surface area contributed by atoms with Crippen LogP contribution in [-0.4, -0.2) is 64.9 Å². The molecule has 1 fully saturated rings. The number of benzene rings is 2. The van der Waals surface area contributed by atoms with Gasteiger partial charge in [0.05, 0.1) is 40.8 Å². The molecule has 0 spiro atoms. The van der Waals surface area contributed by atoms with Crippen molar-refractivity contribution in [1.29, 1.82) is 0 Å². The molecule has 7 nitrogen and oxygen atoms in total. The zero-order chi connectivity index (χ0) is 23.1. The van der Waals surface area contributed by atoms with E-state index in [1.807, 2.05) is 6.07 Å². The molecule has 0 aliphatic carbocycles. The second-order valence-electron chi connectivity index (χ2n) is 6.97. The lowest BCUT2D eigenvalue weighted by atomic mass is 10.1. The molecule has 0 aromatic heterocycles. The summed E-state index contributed by atoms with van der Waals surface area (Å²) in [5, 5.41) is 0.992. The first-order valence-electron chi connectivity index (χ1n) is 9.88. The normalized spacial score (nSPS) is 14.4. The maximum atomic E-state index is 12.9. The van der Waals surface area contributed by atoms with Crippen LogP contribution in [0.15, 0.2) is 41.3 Å². The van der Waals surface area contributed by atoms with Crippen molar-refractivity contribution in [3.05, 3.63) is 57.6 Å². The molecule has 0 atom stereocenters. The van der Waals surface area contributed by atoms with E-state index in [9.17, 15) is 13.2 Å². The van der Waals surface area contributed by atoms with Crippen LogP contribution in [-0.2, 0) is 20.5 Å². The Morgan fingerprint density at radius 3 is 2.59 bits per heavy atom. The molecule has 1 amide bonds. The van der Waals surface area contributed by atoms with E-state index in [1.54, 1.807) is 28.8 Å². The first-order chi connectivity index (χ1) is 15.3. The Kier molecular flexibility index (Phi) is 9.10. The van der Waals surface area contributed by atoms with Crippen LogP contribution < -0.4 is 9.46 Å². The summed E-state index contributed by atoms with van der Waals surface area (Å²) in [5.41, 5.74) is 1.22. The predicted molar refractivity (Wildman–Crippen MR) is 128 cm³/mol. The van der Waals surface area contributed by atoms with Crippen LogP contribution in [0.2, 0.25) is 10.0 Å². The standard InChI is InChI=1S/C21H24Cl2N2O5S2/c1-29-20-5-3-16(13-17(20)21(26)25-7-9-30-10-8-25)32(27,28)24-6-11-31-14-15-2-4-18(22)19(23)12-15/h2-5,12-13,24H,6-11,14H2,1H3. The monoisotopic (exact) mass is 518 g/mol. The first-order valence-corrected chi connectivity index (χ1v) is 13.3. The molecule has 174 valence electrons. The van der Waals surface area contributed by atoms with Crippen molar-refractivity contribution in [2.45, 2.75) is 10.6 Å². The van der Waals surface area contributed by atoms with Crippen molar-refractivity contribution in [3.63, 3.8) is 0 Å². The van der Waals surface area contributed by atoms with Crippen LogP contribution >= 0.6 is 35.0 Å². The Hall–Kier alpha value is -1.49. The highest BCUT2D eigenvalue weighted by molar-refractivity contribution is 7.98. The smallest absolute Gasteiger partial charge is 0.257 e. The number of sulfonamides is 1. The summed E-state index contributed by atoms with van der Waals surface area (Å²) in [6, 6.07) is 9.71. The van der Waals surface area contributed by atoms with Gasteiger partial charge in [-0.2, -0.15) is 11.8 Å². The van der Waals surface area contributed by atoms with Crippen molar-refractivity contribution in [3.8, 4) is 5.75 Å². The van der Waals surface area contributed by atoms with E-state index in [0.717, 1.165) is 5.56 Å². The molecule has 2 aromatic rings. The fourth-order valence-electron chi connectivity index (χ4n) is 3.11. The van der Waals surface area contributed by atoms with Crippen LogP contribution in [0.5, 0.6) is 5.75 Å². The van der Waals surface area contributed by atoms with Gasteiger partial charge in [0.1, 0.15) is 5.75 Å². The predicted octanol–water partition coefficient (Wildman–Crippen LogP) is 3.69. The summed E-state index contributed by atoms with van der Waals surface area (Å²) in [5.74, 6) is 1.30. The number of nitrogens with one attached hydrogen (secondary N) is 1. The molecular formula is C21H24Cl2N2O5S2. The molecule has 11 heteroatoms. The molecular weight excluding hydrogens is 495 g/mol. The van der Waals surface area contributed by atoms with Crippen molar-refractivity contribution in [2.75, 3.05) is 45.7 Å². The molecule has 0 unspecified atom stereocenters. The molecule has 0 saturated carbocycles. The lowest BCUT2D eigenvalue weighted by Gasteiger charge is -2.27. The Balaban J connectivity index is 1.60. The number of hydrogen-bond donors (Lipinski definition) is 1. The van der Waals surface area contributed by atoms with Gasteiger partial charge in [-0.05, 0) is 35.9 Å². The number of ether oxygens (including phenoxy) is 2. The number of halogens is 2. The summed E-state index contributed by atoms with van der Waals surface area (Å²) in [6.45, 7) is 2.05. The fourth-order valence-corrected chi connectivity index (χ4v) is 5.42. The minimum atomic E-state index is -3.78. The van der Waals surface area contributed by atoms with Crippen LogP contribution in [0, 0.1) is 0 Å². The van der Waals surface area contributed by atoms with Gasteiger partial charge in [0, 0.05) is 31.1 Å². The largest absolute Gasteiger partial charge is 0.496 e. The van der Waals surface area contributed by atoms with Gasteiger partial charge in [0.25, 0.3) is 5.91 Å². The van der Waals surface area contributed by atoms with E-state index in [-0.39, 0.29) is 22.9 Å². The maximum Gasteiger partial charge on any atom is 0.257 e. The third kappa shape index (κ3) is 6.52. The van der Waals surface area contributed by atoms with Gasteiger partial charge in [-0.25, -0.2) is 13.1 Å². The number of rotatable bonds is 9. The fraction of sp³-hybridized carbons (Fsp3) is 0.381. The third-order valence-corrected chi connectivity index (χ3v) is 8.03. The van der Waals surface area contributed by atoms with Crippen molar-refractivity contribution < 1.29 is 22.7 Å². The van der Waals surface area contributed by atoms with E-state index >= 15 is 0 Å². The maximum absolute atomic E-state index is 12.9. The van der Waals surface area contributed by atoms with Gasteiger partial charge in [-0.15, -0.1) is 0 Å². The average molecular weight is 519 g/mol. The van der Waals surface area contributed by atoms with Crippen molar-refractivity contribution in [1.82, 2.24) is 9.62 Å². The van der Waals surface area contributed by atoms with E-state index in [4.69, 9.17) is 32.7 Å². The summed E-state index contributed by atoms with van der Waals surface area (Å²) in [4.78, 5) is 14.5. The molecule has 1 aliphatic heterocycles. The molecule has 1 heterocycles. The Labute approximate surface area is 202 Å². The second-order valence-corrected chi connectivity index (χ2v) is 10.7. The highest BCUT2D eigenvalue weighted by Crippen LogP contribution is 2.26. The molecule has 3 rings (SSSR count). The number of amides is 1. The summed E-state index contributed by atoms with van der Waals surface area (Å²) in [6.07, 6.45) is 0. The van der Waals surface area contributed by atoms with Crippen LogP contribution in [0.4, 0.5) is 0 Å². The van der Waals surface area contributed by atoms with E-state index in [0.29, 0.717) is 53.6 Å². The molecule has 32 heavy (non-hydrogen) atoms. The zero-order valence-corrected chi connectivity index (χ0v) is 20.6. The van der Waals surface area contributed by atoms with Crippen LogP contribution in [0.25, 0.3) is 0 Å². The molecule has 0 bridgehead atoms. The van der Waals surface area contributed by atoms with E-state index in [2.05, 4.69) is 4.72 Å². The summed E-state index contributed by atoms with van der Waals surface area (Å²) < 4.78 is 38.7. The number of morpholine rings is 1. The van der Waals surface area contributed by atoms with Gasteiger partial charge in [-0.1, -0.05) is 29.3 Å². The number of methoxy groups -OCH3 is 1. The van der Waals surface area contributed by atoms with Gasteiger partial charge in [0.2, 0.25) is 10.0 Å². The molecule has 1 saturated heterocycles. The average Bonchev–Trinajstić information content (AvgIpc) is 2.80. The van der Waals surface area contributed by atoms with Gasteiger partial charge in [-0.3, -0.25) is 4.79 Å². The lowest BCUT2D eigenvalue weighted by Crippen LogP contribution is -2.40. The minimum absolute atomic E-state index is 0.0180. The minimum Gasteiger partial charge on any atom is -0.496 e. The SMILES string of the molecule is COc1ccc(S(=O)(=O)NCCSCc2ccc(Cl)c(Cl)c2)cc1C(=O)N1CCOCC1. The summed E-state index contributed by atoms with van der Waals surface area (Å²) in [7, 11) is -2.33.